The Balaban J connectivity index is 1.59. The van der Waals surface area contributed by atoms with Gasteiger partial charge in [0.25, 0.3) is 0 Å². The van der Waals surface area contributed by atoms with Crippen LogP contribution in [0.5, 0.6) is 0 Å². The molecule has 30 heavy (non-hydrogen) atoms. The highest BCUT2D eigenvalue weighted by molar-refractivity contribution is 5.75. The van der Waals surface area contributed by atoms with Gasteiger partial charge in [0.15, 0.2) is 6.29 Å². The second-order valence-electron chi connectivity index (χ2n) is 9.91. The molecule has 13 atom stereocenters. The van der Waals surface area contributed by atoms with Crippen LogP contribution in [0.3, 0.4) is 0 Å². The van der Waals surface area contributed by atoms with Crippen LogP contribution in [0.2, 0.25) is 0 Å². The van der Waals surface area contributed by atoms with E-state index in [1.807, 2.05) is 13.8 Å². The number of esters is 1. The SMILES string of the molecule is C[C@@H]1[C@@H]2[C@H]3OC(=O)[C@H](C)[C@@H]3CC[C@@]2(C)[C@H](O[C@@H]2O[C@H](CO)[C@@H](O)[C@H](O)[C@H]2O)C[C@@H]1O. The number of aliphatic hydroxyl groups excluding tert-OH is 5. The van der Waals surface area contributed by atoms with Gasteiger partial charge in [-0.05, 0) is 18.8 Å². The zero-order chi connectivity index (χ0) is 22.0. The molecule has 9 nitrogen and oxygen atoms in total. The Morgan fingerprint density at radius 2 is 1.83 bits per heavy atom. The van der Waals surface area contributed by atoms with E-state index in [-0.39, 0.29) is 35.7 Å². The molecule has 5 N–H and O–H groups in total. The molecule has 9 heteroatoms. The largest absolute Gasteiger partial charge is 0.462 e. The fraction of sp³-hybridized carbons (Fsp3) is 0.952. The molecule has 0 aromatic heterocycles. The standard InChI is InChI=1S/C21H34O9/c1-8-10-4-5-21(3)13(6-11(23)9(2)14(21)18(10)30-19(8)27)29-20-17(26)16(25)15(24)12(7-22)28-20/h8-18,20,22-26H,4-7H2,1-3H3/t8-,9+,10+,11+,12-,13-,14-,15-,16+,17-,18+,20+,21+/m1/s1. The molecule has 2 saturated carbocycles. The first-order valence-electron chi connectivity index (χ1n) is 10.9. The zero-order valence-corrected chi connectivity index (χ0v) is 17.6. The number of rotatable bonds is 3. The van der Waals surface area contributed by atoms with Crippen LogP contribution < -0.4 is 0 Å². The van der Waals surface area contributed by atoms with Crippen molar-refractivity contribution in [2.45, 2.75) is 89.1 Å². The van der Waals surface area contributed by atoms with E-state index in [1.54, 1.807) is 0 Å². The minimum atomic E-state index is -1.52. The van der Waals surface area contributed by atoms with Gasteiger partial charge >= 0.3 is 5.97 Å². The Hall–Kier alpha value is -0.810. The lowest BCUT2D eigenvalue weighted by atomic mass is 9.51. The maximum atomic E-state index is 12.2. The summed E-state index contributed by atoms with van der Waals surface area (Å²) in [4.78, 5) is 12.2. The molecule has 4 aliphatic rings. The monoisotopic (exact) mass is 430 g/mol. The topological polar surface area (TPSA) is 146 Å². The Morgan fingerprint density at radius 3 is 2.50 bits per heavy atom. The highest BCUT2D eigenvalue weighted by atomic mass is 16.7. The third-order valence-corrected chi connectivity index (χ3v) is 8.33. The molecule has 4 fully saturated rings. The molecule has 2 heterocycles. The van der Waals surface area contributed by atoms with Crippen molar-refractivity contribution in [2.24, 2.45) is 29.1 Å². The molecule has 0 radical (unpaired) electrons. The minimum Gasteiger partial charge on any atom is -0.462 e. The lowest BCUT2D eigenvalue weighted by molar-refractivity contribution is -0.332. The summed E-state index contributed by atoms with van der Waals surface area (Å²) >= 11 is 0. The predicted molar refractivity (Wildman–Crippen MR) is 102 cm³/mol. The van der Waals surface area contributed by atoms with E-state index in [1.165, 1.54) is 0 Å². The number of fused-ring (bicyclic) bond motifs is 3. The van der Waals surface area contributed by atoms with E-state index in [0.717, 1.165) is 12.8 Å². The number of hydrogen-bond acceptors (Lipinski definition) is 9. The maximum Gasteiger partial charge on any atom is 0.309 e. The van der Waals surface area contributed by atoms with E-state index >= 15 is 0 Å². The zero-order valence-electron chi connectivity index (χ0n) is 17.6. The second-order valence-corrected chi connectivity index (χ2v) is 9.91. The van der Waals surface area contributed by atoms with E-state index in [2.05, 4.69) is 6.92 Å². The van der Waals surface area contributed by atoms with Gasteiger partial charge in [-0.25, -0.2) is 0 Å². The Kier molecular flexibility index (Phi) is 5.93. The van der Waals surface area contributed by atoms with Crippen LogP contribution in [-0.4, -0.2) is 87.1 Å². The van der Waals surface area contributed by atoms with Gasteiger partial charge in [0.05, 0.1) is 24.7 Å². The fourth-order valence-electron chi connectivity index (χ4n) is 6.33. The first-order valence-corrected chi connectivity index (χ1v) is 10.9. The summed E-state index contributed by atoms with van der Waals surface area (Å²) in [6, 6.07) is 0. The van der Waals surface area contributed by atoms with Crippen LogP contribution in [0, 0.1) is 29.1 Å². The summed E-state index contributed by atoms with van der Waals surface area (Å²) in [5.41, 5.74) is -0.442. The summed E-state index contributed by atoms with van der Waals surface area (Å²) in [7, 11) is 0. The van der Waals surface area contributed by atoms with Gasteiger partial charge in [-0.15, -0.1) is 0 Å². The molecule has 2 saturated heterocycles. The quantitative estimate of drug-likeness (QED) is 0.362. The molecular weight excluding hydrogens is 396 g/mol. The fourth-order valence-corrected chi connectivity index (χ4v) is 6.33. The van der Waals surface area contributed by atoms with E-state index in [4.69, 9.17) is 14.2 Å². The summed E-state index contributed by atoms with van der Waals surface area (Å²) in [5.74, 6) is -0.487. The molecule has 0 aromatic rings. The van der Waals surface area contributed by atoms with Crippen LogP contribution in [0.15, 0.2) is 0 Å². The first kappa shape index (κ1) is 22.4. The third-order valence-electron chi connectivity index (χ3n) is 8.33. The average molecular weight is 430 g/mol. The van der Waals surface area contributed by atoms with E-state index in [0.29, 0.717) is 6.42 Å². The third kappa shape index (κ3) is 3.30. The Labute approximate surface area is 175 Å². The Bertz CT molecular complexity index is 656. The number of aliphatic hydroxyl groups is 5. The first-order chi connectivity index (χ1) is 14.1. The summed E-state index contributed by atoms with van der Waals surface area (Å²) in [6.45, 7) is 5.38. The molecule has 172 valence electrons. The van der Waals surface area contributed by atoms with Crippen molar-refractivity contribution in [1.29, 1.82) is 0 Å². The van der Waals surface area contributed by atoms with Gasteiger partial charge < -0.3 is 39.7 Å². The van der Waals surface area contributed by atoms with Crippen molar-refractivity contribution in [1.82, 2.24) is 0 Å². The van der Waals surface area contributed by atoms with Crippen LogP contribution in [0.1, 0.15) is 40.0 Å². The molecule has 4 rings (SSSR count). The van der Waals surface area contributed by atoms with Gasteiger partial charge in [0.2, 0.25) is 0 Å². The van der Waals surface area contributed by atoms with Crippen molar-refractivity contribution in [2.75, 3.05) is 6.61 Å². The molecule has 0 unspecified atom stereocenters. The highest BCUT2D eigenvalue weighted by Crippen LogP contribution is 2.58. The number of ether oxygens (including phenoxy) is 3. The normalized spacial score (nSPS) is 56.2. The van der Waals surface area contributed by atoms with Crippen molar-refractivity contribution >= 4 is 5.97 Å². The van der Waals surface area contributed by atoms with Gasteiger partial charge in [0.1, 0.15) is 30.5 Å². The van der Waals surface area contributed by atoms with Crippen LogP contribution >= 0.6 is 0 Å². The van der Waals surface area contributed by atoms with Crippen molar-refractivity contribution in [3.8, 4) is 0 Å². The lowest BCUT2D eigenvalue weighted by Crippen LogP contribution is -2.63. The molecular formula is C21H34O9. The average Bonchev–Trinajstić information content (AvgIpc) is 2.99. The highest BCUT2D eigenvalue weighted by Gasteiger charge is 2.62. The minimum absolute atomic E-state index is 0.101. The van der Waals surface area contributed by atoms with Crippen LogP contribution in [0.4, 0.5) is 0 Å². The molecule has 0 bridgehead atoms. The number of carbonyl (C=O) groups excluding carboxylic acids is 1. The number of hydrogen-bond donors (Lipinski definition) is 5. The Morgan fingerprint density at radius 1 is 1.13 bits per heavy atom. The van der Waals surface area contributed by atoms with Gasteiger partial charge in [-0.3, -0.25) is 4.79 Å². The van der Waals surface area contributed by atoms with E-state index in [9.17, 15) is 30.3 Å². The van der Waals surface area contributed by atoms with Crippen LogP contribution in [-0.2, 0) is 19.0 Å². The van der Waals surface area contributed by atoms with Gasteiger partial charge in [-0.2, -0.15) is 0 Å². The molecule has 0 amide bonds. The smallest absolute Gasteiger partial charge is 0.309 e. The van der Waals surface area contributed by atoms with Crippen molar-refractivity contribution in [3.63, 3.8) is 0 Å². The van der Waals surface area contributed by atoms with Crippen molar-refractivity contribution in [3.05, 3.63) is 0 Å². The molecule has 2 aliphatic carbocycles. The summed E-state index contributed by atoms with van der Waals surface area (Å²) in [5, 5.41) is 50.7. The number of carbonyl (C=O) groups is 1. The second kappa shape index (κ2) is 7.95. The van der Waals surface area contributed by atoms with Crippen molar-refractivity contribution < 1.29 is 44.5 Å². The van der Waals surface area contributed by atoms with Crippen LogP contribution in [0.25, 0.3) is 0 Å². The van der Waals surface area contributed by atoms with Gasteiger partial charge in [-0.1, -0.05) is 20.8 Å². The summed E-state index contributed by atoms with van der Waals surface area (Å²) in [6.07, 6.45) is -6.44. The molecule has 0 spiro atoms. The lowest BCUT2D eigenvalue weighted by Gasteiger charge is -2.57. The molecule has 2 aliphatic heterocycles. The van der Waals surface area contributed by atoms with E-state index < -0.39 is 54.9 Å². The molecule has 0 aromatic carbocycles. The maximum absolute atomic E-state index is 12.2. The predicted octanol–water partition coefficient (Wildman–Crippen LogP) is -0.834. The summed E-state index contributed by atoms with van der Waals surface area (Å²) < 4.78 is 17.4. The van der Waals surface area contributed by atoms with Gasteiger partial charge in [0, 0.05) is 23.7 Å².